The summed E-state index contributed by atoms with van der Waals surface area (Å²) in [6, 6.07) is 16.4. The number of carbonyl (C=O) groups excluding carboxylic acids is 2. The lowest BCUT2D eigenvalue weighted by Crippen LogP contribution is -2.48. The third-order valence-corrected chi connectivity index (χ3v) is 8.54. The molecule has 6 rings (SSSR count). The van der Waals surface area contributed by atoms with Crippen molar-refractivity contribution >= 4 is 21.5 Å². The van der Waals surface area contributed by atoms with Gasteiger partial charge in [-0.3, -0.25) is 14.5 Å². The first-order chi connectivity index (χ1) is 16.9. The topological polar surface area (TPSA) is 93.2 Å². The first kappa shape index (κ1) is 21.8. The van der Waals surface area contributed by atoms with Gasteiger partial charge in [0.05, 0.1) is 9.79 Å². The number of hydrogen-bond acceptors (Lipinski definition) is 7. The van der Waals surface area contributed by atoms with Gasteiger partial charge >= 0.3 is 0 Å². The molecule has 8 nitrogen and oxygen atoms in total. The molecule has 0 aliphatic carbocycles. The van der Waals surface area contributed by atoms with Crippen molar-refractivity contribution in [2.75, 3.05) is 33.0 Å². The Morgan fingerprint density at radius 2 is 1.57 bits per heavy atom. The van der Waals surface area contributed by atoms with Crippen LogP contribution in [0.5, 0.6) is 11.5 Å². The summed E-state index contributed by atoms with van der Waals surface area (Å²) in [5.74, 6) is 0.916. The van der Waals surface area contributed by atoms with E-state index in [9.17, 15) is 18.0 Å². The number of sulfone groups is 1. The van der Waals surface area contributed by atoms with Gasteiger partial charge in [0.25, 0.3) is 5.91 Å². The first-order valence-corrected chi connectivity index (χ1v) is 12.8. The average Bonchev–Trinajstić information content (AvgIpc) is 3.35. The molecule has 1 amide bonds. The van der Waals surface area contributed by atoms with Gasteiger partial charge in [0, 0.05) is 49.4 Å². The summed E-state index contributed by atoms with van der Waals surface area (Å²) in [6.45, 7) is 3.40. The van der Waals surface area contributed by atoms with Gasteiger partial charge in [-0.1, -0.05) is 18.2 Å². The third-order valence-electron chi connectivity index (χ3n) is 6.69. The van der Waals surface area contributed by atoms with Crippen LogP contribution in [0.4, 0.5) is 0 Å². The average molecular weight is 491 g/mol. The van der Waals surface area contributed by atoms with Gasteiger partial charge in [-0.25, -0.2) is 8.42 Å². The molecule has 0 unspecified atom stereocenters. The van der Waals surface area contributed by atoms with Crippen LogP contribution in [-0.2, 0) is 16.4 Å². The zero-order valence-electron chi connectivity index (χ0n) is 18.8. The van der Waals surface area contributed by atoms with Gasteiger partial charge in [-0.2, -0.15) is 0 Å². The smallest absolute Gasteiger partial charge is 0.253 e. The summed E-state index contributed by atoms with van der Waals surface area (Å²) in [6.07, 6.45) is 0. The van der Waals surface area contributed by atoms with Crippen LogP contribution in [0.3, 0.4) is 0 Å². The highest BCUT2D eigenvalue weighted by Gasteiger charge is 2.35. The molecule has 0 atom stereocenters. The quantitative estimate of drug-likeness (QED) is 0.436. The molecule has 0 radical (unpaired) electrons. The minimum atomic E-state index is -3.89. The summed E-state index contributed by atoms with van der Waals surface area (Å²) >= 11 is 0. The number of amides is 1. The molecule has 3 aliphatic heterocycles. The molecule has 0 aromatic heterocycles. The highest BCUT2D eigenvalue weighted by molar-refractivity contribution is 7.91. The Morgan fingerprint density at radius 1 is 0.829 bits per heavy atom. The van der Waals surface area contributed by atoms with Crippen LogP contribution in [0.25, 0.3) is 0 Å². The van der Waals surface area contributed by atoms with E-state index in [0.717, 1.165) is 23.6 Å². The summed E-state index contributed by atoms with van der Waals surface area (Å²) < 4.78 is 37.2. The third kappa shape index (κ3) is 3.67. The van der Waals surface area contributed by atoms with E-state index in [-0.39, 0.29) is 45.0 Å². The van der Waals surface area contributed by atoms with E-state index in [1.165, 1.54) is 24.3 Å². The van der Waals surface area contributed by atoms with Crippen LogP contribution in [0.15, 0.2) is 70.5 Å². The van der Waals surface area contributed by atoms with E-state index in [0.29, 0.717) is 26.2 Å². The van der Waals surface area contributed by atoms with Gasteiger partial charge in [0.2, 0.25) is 16.6 Å². The maximum atomic E-state index is 13.2. The molecule has 0 bridgehead atoms. The van der Waals surface area contributed by atoms with Crippen LogP contribution >= 0.6 is 0 Å². The summed E-state index contributed by atoms with van der Waals surface area (Å²) in [4.78, 5) is 29.9. The van der Waals surface area contributed by atoms with Gasteiger partial charge in [-0.15, -0.1) is 0 Å². The van der Waals surface area contributed by atoms with Crippen molar-refractivity contribution in [3.63, 3.8) is 0 Å². The predicted molar refractivity (Wildman–Crippen MR) is 126 cm³/mol. The van der Waals surface area contributed by atoms with E-state index in [4.69, 9.17) is 9.47 Å². The standard InChI is InChI=1S/C26H22N2O6S/c29-25-19-3-1-2-4-23(19)35(31,32)24-14-18(6-7-20(24)25)26(30)28-11-9-27(10-12-28)15-17-5-8-21-22(13-17)34-16-33-21/h1-8,13-14H,9-12,15-16H2. The number of ketones is 1. The van der Waals surface area contributed by atoms with E-state index < -0.39 is 9.84 Å². The second-order valence-corrected chi connectivity index (χ2v) is 10.7. The Morgan fingerprint density at radius 3 is 2.40 bits per heavy atom. The fraction of sp³-hybridized carbons (Fsp3) is 0.231. The molecule has 3 aromatic rings. The monoisotopic (exact) mass is 490 g/mol. The molecule has 3 aromatic carbocycles. The van der Waals surface area contributed by atoms with Crippen LogP contribution in [-0.4, -0.2) is 62.9 Å². The lowest BCUT2D eigenvalue weighted by atomic mass is 10.0. The Kier molecular flexibility index (Phi) is 5.12. The molecule has 35 heavy (non-hydrogen) atoms. The molecule has 3 heterocycles. The minimum Gasteiger partial charge on any atom is -0.454 e. The Hall–Kier alpha value is -3.69. The van der Waals surface area contributed by atoms with Gasteiger partial charge in [0.15, 0.2) is 17.3 Å². The maximum Gasteiger partial charge on any atom is 0.253 e. The van der Waals surface area contributed by atoms with Crippen LogP contribution in [0.2, 0.25) is 0 Å². The van der Waals surface area contributed by atoms with Crippen molar-refractivity contribution in [2.24, 2.45) is 0 Å². The lowest BCUT2D eigenvalue weighted by molar-refractivity contribution is 0.0628. The Bertz CT molecular complexity index is 1470. The van der Waals surface area contributed by atoms with Crippen LogP contribution in [0, 0.1) is 0 Å². The SMILES string of the molecule is O=C1c2ccccc2S(=O)(=O)c2cc(C(=O)N3CCN(Cc4ccc5c(c4)OCO5)CC3)ccc21. The van der Waals surface area contributed by atoms with Crippen molar-refractivity contribution < 1.29 is 27.5 Å². The largest absolute Gasteiger partial charge is 0.454 e. The van der Waals surface area contributed by atoms with Crippen molar-refractivity contribution in [3.05, 3.63) is 82.9 Å². The van der Waals surface area contributed by atoms with Gasteiger partial charge < -0.3 is 14.4 Å². The molecule has 1 saturated heterocycles. The van der Waals surface area contributed by atoms with Crippen molar-refractivity contribution in [3.8, 4) is 11.5 Å². The number of benzene rings is 3. The fourth-order valence-electron chi connectivity index (χ4n) is 4.81. The Balaban J connectivity index is 1.17. The number of ether oxygens (including phenoxy) is 2. The Labute approximate surface area is 202 Å². The highest BCUT2D eigenvalue weighted by Crippen LogP contribution is 2.35. The molecule has 9 heteroatoms. The second-order valence-electron chi connectivity index (χ2n) is 8.80. The number of piperazine rings is 1. The molecule has 3 aliphatic rings. The van der Waals surface area contributed by atoms with Crippen molar-refractivity contribution in [1.82, 2.24) is 9.80 Å². The number of nitrogens with zero attached hydrogens (tertiary/aromatic N) is 2. The summed E-state index contributed by atoms with van der Waals surface area (Å²) in [7, 11) is -3.89. The van der Waals surface area contributed by atoms with Crippen LogP contribution in [0.1, 0.15) is 31.8 Å². The minimum absolute atomic E-state index is 0.0146. The van der Waals surface area contributed by atoms with Gasteiger partial charge in [-0.05, 0) is 48.0 Å². The first-order valence-electron chi connectivity index (χ1n) is 11.3. The molecular weight excluding hydrogens is 468 g/mol. The zero-order valence-corrected chi connectivity index (χ0v) is 19.6. The number of fused-ring (bicyclic) bond motifs is 3. The molecule has 0 N–H and O–H groups in total. The lowest BCUT2D eigenvalue weighted by Gasteiger charge is -2.35. The van der Waals surface area contributed by atoms with Crippen molar-refractivity contribution in [2.45, 2.75) is 16.3 Å². The summed E-state index contributed by atoms with van der Waals surface area (Å²) in [5, 5.41) is 0. The summed E-state index contributed by atoms with van der Waals surface area (Å²) in [5.41, 5.74) is 1.65. The number of rotatable bonds is 3. The normalized spacial score (nSPS) is 18.2. The number of carbonyl (C=O) groups is 2. The predicted octanol–water partition coefficient (Wildman–Crippen LogP) is 2.75. The maximum absolute atomic E-state index is 13.2. The second kappa shape index (κ2) is 8.21. The van der Waals surface area contributed by atoms with E-state index >= 15 is 0 Å². The fourth-order valence-corrected chi connectivity index (χ4v) is 6.48. The van der Waals surface area contributed by atoms with Crippen LogP contribution < -0.4 is 9.47 Å². The molecule has 0 saturated carbocycles. The van der Waals surface area contributed by atoms with E-state index in [1.807, 2.05) is 18.2 Å². The number of hydrogen-bond donors (Lipinski definition) is 0. The molecule has 1 fully saturated rings. The van der Waals surface area contributed by atoms with Crippen molar-refractivity contribution in [1.29, 1.82) is 0 Å². The highest BCUT2D eigenvalue weighted by atomic mass is 32.2. The molecule has 0 spiro atoms. The van der Waals surface area contributed by atoms with E-state index in [2.05, 4.69) is 4.90 Å². The molecule has 178 valence electrons. The molecular formula is C26H22N2O6S. The van der Waals surface area contributed by atoms with Gasteiger partial charge in [0.1, 0.15) is 0 Å². The zero-order chi connectivity index (χ0) is 24.2. The van der Waals surface area contributed by atoms with E-state index in [1.54, 1.807) is 23.1 Å².